The minimum atomic E-state index is -3.79. The number of hydrogen-bond donors (Lipinski definition) is 2. The second-order valence-corrected chi connectivity index (χ2v) is 9.00. The van der Waals surface area contributed by atoms with Crippen molar-refractivity contribution >= 4 is 43.0 Å². The molecule has 9 heteroatoms. The monoisotopic (exact) mass is 430 g/mol. The number of sulfonamides is 1. The minimum absolute atomic E-state index is 0.00393. The van der Waals surface area contributed by atoms with Gasteiger partial charge in [-0.05, 0) is 48.5 Å². The van der Waals surface area contributed by atoms with Gasteiger partial charge in [0.15, 0.2) is 0 Å². The van der Waals surface area contributed by atoms with Crippen LogP contribution in [0.1, 0.15) is 15.4 Å². The summed E-state index contributed by atoms with van der Waals surface area (Å²) >= 11 is 1.16. The van der Waals surface area contributed by atoms with E-state index in [1.165, 1.54) is 36.6 Å². The first-order chi connectivity index (χ1) is 13.9. The molecular weight excluding hydrogens is 415 g/mol. The molecule has 2 aromatic carbocycles. The van der Waals surface area contributed by atoms with Gasteiger partial charge in [-0.2, -0.15) is 0 Å². The van der Waals surface area contributed by atoms with Crippen molar-refractivity contribution in [1.29, 1.82) is 0 Å². The molecule has 0 aliphatic heterocycles. The third-order valence-electron chi connectivity index (χ3n) is 4.15. The molecule has 0 aliphatic carbocycles. The van der Waals surface area contributed by atoms with E-state index >= 15 is 0 Å². The lowest BCUT2D eigenvalue weighted by Gasteiger charge is -2.08. The van der Waals surface area contributed by atoms with Crippen molar-refractivity contribution in [2.45, 2.75) is 11.4 Å². The first-order valence-electron chi connectivity index (χ1n) is 8.54. The Kier molecular flexibility index (Phi) is 5.18. The van der Waals surface area contributed by atoms with Crippen molar-refractivity contribution in [2.24, 2.45) is 0 Å². The molecule has 0 bridgehead atoms. The highest BCUT2D eigenvalue weighted by atomic mass is 32.2. The number of carbonyl (C=O) groups excluding carboxylic acids is 1. The van der Waals surface area contributed by atoms with Crippen LogP contribution in [0.5, 0.6) is 0 Å². The number of nitrogens with one attached hydrogen (secondary N) is 2. The van der Waals surface area contributed by atoms with Gasteiger partial charge in [-0.3, -0.25) is 4.79 Å². The van der Waals surface area contributed by atoms with Crippen molar-refractivity contribution < 1.29 is 22.0 Å². The van der Waals surface area contributed by atoms with Crippen molar-refractivity contribution in [3.05, 3.63) is 83.4 Å². The molecule has 2 aromatic heterocycles. The summed E-state index contributed by atoms with van der Waals surface area (Å²) in [6.45, 7) is 0.0132. The molecule has 6 nitrogen and oxygen atoms in total. The summed E-state index contributed by atoms with van der Waals surface area (Å²) in [5, 5.41) is 3.04. The van der Waals surface area contributed by atoms with Gasteiger partial charge in [-0.25, -0.2) is 17.5 Å². The second kappa shape index (κ2) is 7.78. The van der Waals surface area contributed by atoms with Crippen LogP contribution in [0.2, 0.25) is 0 Å². The number of rotatable bonds is 6. The molecule has 0 radical (unpaired) electrons. The molecule has 4 aromatic rings. The van der Waals surface area contributed by atoms with Gasteiger partial charge in [0.05, 0.1) is 22.6 Å². The normalized spacial score (nSPS) is 11.6. The van der Waals surface area contributed by atoms with Crippen LogP contribution in [-0.4, -0.2) is 14.3 Å². The van der Waals surface area contributed by atoms with Crippen LogP contribution in [0.15, 0.2) is 76.2 Å². The molecule has 0 saturated heterocycles. The number of furan rings is 1. The highest BCUT2D eigenvalue weighted by Crippen LogP contribution is 2.28. The van der Waals surface area contributed by atoms with Gasteiger partial charge in [0.1, 0.15) is 11.6 Å². The number of anilines is 1. The lowest BCUT2D eigenvalue weighted by Crippen LogP contribution is -2.23. The fourth-order valence-electron chi connectivity index (χ4n) is 2.73. The van der Waals surface area contributed by atoms with Gasteiger partial charge in [0.25, 0.3) is 5.91 Å². The summed E-state index contributed by atoms with van der Waals surface area (Å²) in [4.78, 5) is 12.9. The Morgan fingerprint density at radius 1 is 1.07 bits per heavy atom. The number of carbonyl (C=O) groups is 1. The van der Waals surface area contributed by atoms with Crippen LogP contribution in [0.3, 0.4) is 0 Å². The van der Waals surface area contributed by atoms with Crippen LogP contribution >= 0.6 is 11.3 Å². The molecule has 148 valence electrons. The predicted molar refractivity (Wildman–Crippen MR) is 109 cm³/mol. The van der Waals surface area contributed by atoms with E-state index in [9.17, 15) is 17.6 Å². The van der Waals surface area contributed by atoms with E-state index in [1.807, 2.05) is 0 Å². The zero-order valence-electron chi connectivity index (χ0n) is 14.9. The summed E-state index contributed by atoms with van der Waals surface area (Å²) in [5.41, 5.74) is 0.314. The number of amides is 1. The van der Waals surface area contributed by atoms with Crippen molar-refractivity contribution in [3.8, 4) is 0 Å². The number of benzene rings is 2. The largest absolute Gasteiger partial charge is 0.468 e. The first kappa shape index (κ1) is 19.3. The third kappa shape index (κ3) is 4.21. The second-order valence-electron chi connectivity index (χ2n) is 6.15. The number of fused-ring (bicyclic) bond motifs is 1. The Bertz CT molecular complexity index is 1280. The smallest absolute Gasteiger partial charge is 0.265 e. The molecule has 0 fully saturated rings. The van der Waals surface area contributed by atoms with Crippen molar-refractivity contribution in [3.63, 3.8) is 0 Å². The van der Waals surface area contributed by atoms with Crippen molar-refractivity contribution in [1.82, 2.24) is 4.72 Å². The lowest BCUT2D eigenvalue weighted by molar-refractivity contribution is 0.103. The quantitative estimate of drug-likeness (QED) is 0.476. The zero-order chi connectivity index (χ0) is 20.4. The van der Waals surface area contributed by atoms with Gasteiger partial charge >= 0.3 is 0 Å². The van der Waals surface area contributed by atoms with Crippen LogP contribution in [-0.2, 0) is 16.6 Å². The summed E-state index contributed by atoms with van der Waals surface area (Å²) in [6.07, 6.45) is 1.46. The Balaban J connectivity index is 1.52. The maximum atomic E-state index is 13.8. The molecule has 2 heterocycles. The number of halogens is 1. The standard InChI is InChI=1S/C20H15FN2O4S2/c21-17-7-2-8-18-16(17)11-19(28-18)20(24)23-13-4-1-6-15(10-13)29(25,26)22-12-14-5-3-9-27-14/h1-11,22H,12H2,(H,23,24). The Labute approximate surface area is 170 Å². The van der Waals surface area contributed by atoms with Gasteiger partial charge < -0.3 is 9.73 Å². The van der Waals surface area contributed by atoms with E-state index in [-0.39, 0.29) is 11.4 Å². The molecule has 29 heavy (non-hydrogen) atoms. The fourth-order valence-corrected chi connectivity index (χ4v) is 4.74. The van der Waals surface area contributed by atoms with Crippen LogP contribution in [0.25, 0.3) is 10.1 Å². The molecule has 0 aliphatic rings. The topological polar surface area (TPSA) is 88.4 Å². The maximum absolute atomic E-state index is 13.8. The Hall–Kier alpha value is -3.01. The predicted octanol–water partition coefficient (Wildman–Crippen LogP) is 4.36. The van der Waals surface area contributed by atoms with E-state index in [1.54, 1.807) is 30.3 Å². The highest BCUT2D eigenvalue weighted by Gasteiger charge is 2.17. The molecule has 0 saturated carbocycles. The maximum Gasteiger partial charge on any atom is 0.265 e. The van der Waals surface area contributed by atoms with Crippen LogP contribution in [0, 0.1) is 5.82 Å². The Morgan fingerprint density at radius 2 is 1.90 bits per heavy atom. The average molecular weight is 430 g/mol. The number of hydrogen-bond acceptors (Lipinski definition) is 5. The van der Waals surface area contributed by atoms with Gasteiger partial charge in [-0.15, -0.1) is 11.3 Å². The highest BCUT2D eigenvalue weighted by molar-refractivity contribution is 7.89. The summed E-state index contributed by atoms with van der Waals surface area (Å²) < 4.78 is 47.0. The third-order valence-corrected chi connectivity index (χ3v) is 6.65. The summed E-state index contributed by atoms with van der Waals surface area (Å²) in [7, 11) is -3.79. The molecule has 4 rings (SSSR count). The van der Waals surface area contributed by atoms with Crippen LogP contribution < -0.4 is 10.0 Å². The fraction of sp³-hybridized carbons (Fsp3) is 0.0500. The van der Waals surface area contributed by atoms with E-state index in [0.717, 1.165) is 11.3 Å². The molecule has 0 unspecified atom stereocenters. The van der Waals surface area contributed by atoms with Gasteiger partial charge in [0.2, 0.25) is 10.0 Å². The van der Waals surface area contributed by atoms with Gasteiger partial charge in [-0.1, -0.05) is 12.1 Å². The SMILES string of the molecule is O=C(Nc1cccc(S(=O)(=O)NCc2ccco2)c1)c1cc2c(F)cccc2s1. The van der Waals surface area contributed by atoms with Crippen molar-refractivity contribution in [2.75, 3.05) is 5.32 Å². The van der Waals surface area contributed by atoms with E-state index in [0.29, 0.717) is 26.4 Å². The lowest BCUT2D eigenvalue weighted by atomic mass is 10.2. The molecule has 0 spiro atoms. The molecular formula is C20H15FN2O4S2. The molecule has 1 amide bonds. The zero-order valence-corrected chi connectivity index (χ0v) is 16.5. The minimum Gasteiger partial charge on any atom is -0.468 e. The summed E-state index contributed by atoms with van der Waals surface area (Å²) in [6, 6.07) is 15.4. The van der Waals surface area contributed by atoms with Gasteiger partial charge in [0, 0.05) is 15.8 Å². The van der Waals surface area contributed by atoms with E-state index in [2.05, 4.69) is 10.0 Å². The first-order valence-corrected chi connectivity index (χ1v) is 10.8. The average Bonchev–Trinajstić information content (AvgIpc) is 3.37. The summed E-state index contributed by atoms with van der Waals surface area (Å²) in [5.74, 6) is -0.354. The Morgan fingerprint density at radius 3 is 2.66 bits per heavy atom. The number of thiophene rings is 1. The molecule has 2 N–H and O–H groups in total. The molecule has 0 atom stereocenters. The van der Waals surface area contributed by atoms with E-state index < -0.39 is 21.7 Å². The van der Waals surface area contributed by atoms with Crippen LogP contribution in [0.4, 0.5) is 10.1 Å². The van der Waals surface area contributed by atoms with E-state index in [4.69, 9.17) is 4.42 Å².